The number of aliphatic imine (C=N–C) groups is 1. The van der Waals surface area contributed by atoms with E-state index >= 15 is 0 Å². The third kappa shape index (κ3) is 4.61. The van der Waals surface area contributed by atoms with Crippen molar-refractivity contribution in [1.82, 2.24) is 0 Å². The molecule has 15 heavy (non-hydrogen) atoms. The van der Waals surface area contributed by atoms with Gasteiger partial charge in [-0.3, -0.25) is 10.1 Å². The van der Waals surface area contributed by atoms with Gasteiger partial charge in [0.25, 0.3) is 5.69 Å². The van der Waals surface area contributed by atoms with E-state index in [1.165, 1.54) is 18.2 Å². The summed E-state index contributed by atoms with van der Waals surface area (Å²) in [5, 5.41) is 10.3. The highest BCUT2D eigenvalue weighted by atomic mass is 16.6. The van der Waals surface area contributed by atoms with E-state index in [0.29, 0.717) is 5.69 Å². The first-order valence-corrected chi connectivity index (χ1v) is 4.43. The molecule has 0 aliphatic heterocycles. The first-order chi connectivity index (χ1) is 7.09. The normalized spacial score (nSPS) is 8.40. The molecular weight excluding hydrogens is 196 g/mol. The van der Waals surface area contributed by atoms with E-state index in [-0.39, 0.29) is 11.6 Å². The van der Waals surface area contributed by atoms with Crippen LogP contribution in [0.4, 0.5) is 11.4 Å². The molecule has 82 valence electrons. The van der Waals surface area contributed by atoms with Crippen molar-refractivity contribution in [2.24, 2.45) is 16.5 Å². The fourth-order valence-corrected chi connectivity index (χ4v) is 0.825. The Morgan fingerprint density at radius 3 is 2.47 bits per heavy atom. The molecule has 0 saturated carbocycles. The topological polar surface area (TPSA) is 108 Å². The summed E-state index contributed by atoms with van der Waals surface area (Å²) in [6.07, 6.45) is 0. The number of nitro groups is 1. The number of hydrogen-bond acceptors (Lipinski definition) is 3. The van der Waals surface area contributed by atoms with Gasteiger partial charge in [-0.1, -0.05) is 19.9 Å². The van der Waals surface area contributed by atoms with Gasteiger partial charge in [0.05, 0.1) is 10.6 Å². The number of nitrogens with two attached hydrogens (primary N) is 2. The van der Waals surface area contributed by atoms with Crippen LogP contribution in [0, 0.1) is 10.1 Å². The third-order valence-corrected chi connectivity index (χ3v) is 1.30. The maximum atomic E-state index is 10.3. The summed E-state index contributed by atoms with van der Waals surface area (Å²) in [4.78, 5) is 13.5. The van der Waals surface area contributed by atoms with Gasteiger partial charge < -0.3 is 11.5 Å². The number of guanidine groups is 1. The van der Waals surface area contributed by atoms with Crippen molar-refractivity contribution in [3.8, 4) is 0 Å². The first-order valence-electron chi connectivity index (χ1n) is 4.43. The van der Waals surface area contributed by atoms with Crippen LogP contribution in [0.15, 0.2) is 29.3 Å². The average Bonchev–Trinajstić information content (AvgIpc) is 2.20. The first kappa shape index (κ1) is 12.9. The smallest absolute Gasteiger partial charge is 0.271 e. The zero-order valence-corrected chi connectivity index (χ0v) is 8.68. The number of rotatable bonds is 2. The molecule has 0 radical (unpaired) electrons. The summed E-state index contributed by atoms with van der Waals surface area (Å²) in [5.41, 5.74) is 10.5. The number of nitro benzene ring substituents is 1. The van der Waals surface area contributed by atoms with Crippen molar-refractivity contribution in [3.63, 3.8) is 0 Å². The largest absolute Gasteiger partial charge is 0.370 e. The molecule has 0 aliphatic rings. The molecule has 0 spiro atoms. The van der Waals surface area contributed by atoms with Gasteiger partial charge in [0.2, 0.25) is 0 Å². The summed E-state index contributed by atoms with van der Waals surface area (Å²) < 4.78 is 0. The van der Waals surface area contributed by atoms with E-state index in [1.54, 1.807) is 6.07 Å². The summed E-state index contributed by atoms with van der Waals surface area (Å²) in [6, 6.07) is 5.75. The van der Waals surface area contributed by atoms with Crippen LogP contribution in [0.5, 0.6) is 0 Å². The molecule has 0 saturated heterocycles. The van der Waals surface area contributed by atoms with Crippen LogP contribution in [0.3, 0.4) is 0 Å². The molecule has 0 unspecified atom stereocenters. The van der Waals surface area contributed by atoms with Gasteiger partial charge in [0.15, 0.2) is 5.96 Å². The van der Waals surface area contributed by atoms with Gasteiger partial charge in [-0.2, -0.15) is 0 Å². The Morgan fingerprint density at radius 2 is 2.00 bits per heavy atom. The van der Waals surface area contributed by atoms with Gasteiger partial charge in [-0.25, -0.2) is 4.99 Å². The standard InChI is InChI=1S/C7H8N4O2.C2H6/c8-7(9)10-5-2-1-3-6(4-5)11(12)13;1-2/h1-4H,(H4,8,9,10);1-2H3. The van der Waals surface area contributed by atoms with Crippen LogP contribution < -0.4 is 11.5 Å². The van der Waals surface area contributed by atoms with Gasteiger partial charge in [0.1, 0.15) is 0 Å². The average molecular weight is 210 g/mol. The van der Waals surface area contributed by atoms with Gasteiger partial charge in [0, 0.05) is 12.1 Å². The van der Waals surface area contributed by atoms with Crippen molar-refractivity contribution in [2.75, 3.05) is 0 Å². The molecule has 6 nitrogen and oxygen atoms in total. The van der Waals surface area contributed by atoms with Gasteiger partial charge >= 0.3 is 0 Å². The highest BCUT2D eigenvalue weighted by molar-refractivity contribution is 5.79. The Labute approximate surface area is 87.8 Å². The SMILES string of the molecule is CC.NC(N)=Nc1cccc([N+](=O)[O-])c1. The number of hydrogen-bond donors (Lipinski definition) is 2. The lowest BCUT2D eigenvalue weighted by Gasteiger charge is -1.94. The third-order valence-electron chi connectivity index (χ3n) is 1.30. The van der Waals surface area contributed by atoms with E-state index in [9.17, 15) is 10.1 Å². The highest BCUT2D eigenvalue weighted by Gasteiger charge is 2.04. The molecule has 0 heterocycles. The van der Waals surface area contributed by atoms with Crippen molar-refractivity contribution in [2.45, 2.75) is 13.8 Å². The van der Waals surface area contributed by atoms with E-state index < -0.39 is 4.92 Å². The van der Waals surface area contributed by atoms with Crippen LogP contribution >= 0.6 is 0 Å². The molecular formula is C9H14N4O2. The van der Waals surface area contributed by atoms with Crippen LogP contribution in [-0.4, -0.2) is 10.9 Å². The molecule has 0 aliphatic carbocycles. The summed E-state index contributed by atoms with van der Waals surface area (Å²) in [7, 11) is 0. The maximum Gasteiger partial charge on any atom is 0.271 e. The van der Waals surface area contributed by atoms with Crippen molar-refractivity contribution in [3.05, 3.63) is 34.4 Å². The fraction of sp³-hybridized carbons (Fsp3) is 0.222. The van der Waals surface area contributed by atoms with Crippen LogP contribution in [-0.2, 0) is 0 Å². The summed E-state index contributed by atoms with van der Waals surface area (Å²) >= 11 is 0. The molecule has 0 fully saturated rings. The van der Waals surface area contributed by atoms with Gasteiger partial charge in [-0.15, -0.1) is 0 Å². The maximum absolute atomic E-state index is 10.3. The zero-order chi connectivity index (χ0) is 11.8. The molecule has 0 amide bonds. The predicted molar refractivity (Wildman–Crippen MR) is 59.9 cm³/mol. The Hall–Kier alpha value is -2.11. The Morgan fingerprint density at radius 1 is 1.40 bits per heavy atom. The second-order valence-corrected chi connectivity index (χ2v) is 2.31. The van der Waals surface area contributed by atoms with Crippen molar-refractivity contribution < 1.29 is 4.92 Å². The molecule has 4 N–H and O–H groups in total. The lowest BCUT2D eigenvalue weighted by molar-refractivity contribution is -0.384. The lowest BCUT2D eigenvalue weighted by Crippen LogP contribution is -2.21. The number of nitrogens with zero attached hydrogens (tertiary/aromatic N) is 2. The Balaban J connectivity index is 0.000000921. The van der Waals surface area contributed by atoms with E-state index in [4.69, 9.17) is 11.5 Å². The van der Waals surface area contributed by atoms with E-state index in [1.807, 2.05) is 13.8 Å². The Kier molecular flexibility index (Phi) is 5.47. The molecule has 6 heteroatoms. The van der Waals surface area contributed by atoms with Crippen LogP contribution in [0.2, 0.25) is 0 Å². The van der Waals surface area contributed by atoms with E-state index in [2.05, 4.69) is 4.99 Å². The monoisotopic (exact) mass is 210 g/mol. The molecule has 0 bridgehead atoms. The molecule has 1 rings (SSSR count). The highest BCUT2D eigenvalue weighted by Crippen LogP contribution is 2.18. The molecule has 1 aromatic carbocycles. The fourth-order valence-electron chi connectivity index (χ4n) is 0.825. The van der Waals surface area contributed by atoms with Crippen LogP contribution in [0.1, 0.15) is 13.8 Å². The van der Waals surface area contributed by atoms with Crippen molar-refractivity contribution >= 4 is 17.3 Å². The van der Waals surface area contributed by atoms with Crippen molar-refractivity contribution in [1.29, 1.82) is 0 Å². The molecule has 0 aromatic heterocycles. The summed E-state index contributed by atoms with van der Waals surface area (Å²) in [6.45, 7) is 4.00. The number of benzene rings is 1. The van der Waals surface area contributed by atoms with Crippen LogP contribution in [0.25, 0.3) is 0 Å². The lowest BCUT2D eigenvalue weighted by atomic mass is 10.3. The van der Waals surface area contributed by atoms with Gasteiger partial charge in [-0.05, 0) is 6.07 Å². The second kappa shape index (κ2) is 6.36. The molecule has 1 aromatic rings. The predicted octanol–water partition coefficient (Wildman–Crippen LogP) is 1.53. The zero-order valence-electron chi connectivity index (χ0n) is 8.68. The number of non-ortho nitro benzene ring substituents is 1. The minimum absolute atomic E-state index is 0.0394. The second-order valence-electron chi connectivity index (χ2n) is 2.31. The quantitative estimate of drug-likeness (QED) is 0.334. The minimum atomic E-state index is -0.508. The summed E-state index contributed by atoms with van der Waals surface area (Å²) in [5.74, 6) is -0.125. The van der Waals surface area contributed by atoms with E-state index in [0.717, 1.165) is 0 Å². The molecule has 0 atom stereocenters. The Bertz CT molecular complexity index is 359. The minimum Gasteiger partial charge on any atom is -0.370 e.